The Balaban J connectivity index is 1.41. The van der Waals surface area contributed by atoms with Crippen LogP contribution in [0.5, 0.6) is 11.5 Å². The second-order valence-electron chi connectivity index (χ2n) is 7.94. The molecule has 1 aliphatic heterocycles. The van der Waals surface area contributed by atoms with Gasteiger partial charge in [0.05, 0.1) is 12.3 Å². The molecule has 0 fully saturated rings. The van der Waals surface area contributed by atoms with Crippen LogP contribution in [-0.2, 0) is 18.7 Å². The van der Waals surface area contributed by atoms with Gasteiger partial charge in [-0.25, -0.2) is 0 Å². The van der Waals surface area contributed by atoms with Gasteiger partial charge >= 0.3 is 0 Å². The second kappa shape index (κ2) is 9.04. The summed E-state index contributed by atoms with van der Waals surface area (Å²) in [6.45, 7) is 5.11. The van der Waals surface area contributed by atoms with Crippen LogP contribution in [0.15, 0.2) is 58.2 Å². The van der Waals surface area contributed by atoms with Crippen LogP contribution in [0.3, 0.4) is 0 Å². The quantitative estimate of drug-likeness (QED) is 0.361. The van der Waals surface area contributed by atoms with Crippen LogP contribution in [0.25, 0.3) is 11.4 Å². The normalized spacial score (nSPS) is 12.6. The number of hydrogen-bond donors (Lipinski definition) is 0. The van der Waals surface area contributed by atoms with E-state index in [-0.39, 0.29) is 6.79 Å². The van der Waals surface area contributed by atoms with Crippen LogP contribution < -0.4 is 9.47 Å². The number of benzene rings is 2. The second-order valence-corrected chi connectivity index (χ2v) is 8.88. The standard InChI is InChI=1S/C23H23N5O3S/c1-15(2)10-21-24-20(27-31-21)13-32-23-26-25-22(17-6-4-3-5-7-17)28(23)12-16-8-9-18-19(11-16)30-14-29-18/h3-9,11,15H,10,12-14H2,1-2H3. The minimum Gasteiger partial charge on any atom is -0.454 e. The van der Waals surface area contributed by atoms with Crippen molar-refractivity contribution in [3.8, 4) is 22.9 Å². The first-order valence-electron chi connectivity index (χ1n) is 10.5. The van der Waals surface area contributed by atoms with E-state index in [2.05, 4.69) is 38.8 Å². The maximum Gasteiger partial charge on any atom is 0.231 e. The van der Waals surface area contributed by atoms with Gasteiger partial charge in [0.2, 0.25) is 12.7 Å². The van der Waals surface area contributed by atoms with E-state index in [1.165, 1.54) is 0 Å². The minimum absolute atomic E-state index is 0.255. The largest absolute Gasteiger partial charge is 0.454 e. The Hall–Kier alpha value is -3.33. The zero-order valence-electron chi connectivity index (χ0n) is 17.9. The fraction of sp³-hybridized carbons (Fsp3) is 0.304. The van der Waals surface area contributed by atoms with Gasteiger partial charge < -0.3 is 14.0 Å². The van der Waals surface area contributed by atoms with Crippen LogP contribution in [-0.4, -0.2) is 31.7 Å². The molecule has 9 heteroatoms. The third kappa shape index (κ3) is 4.47. The summed E-state index contributed by atoms with van der Waals surface area (Å²) in [6.07, 6.45) is 0.774. The van der Waals surface area contributed by atoms with E-state index in [0.29, 0.717) is 29.9 Å². The summed E-state index contributed by atoms with van der Waals surface area (Å²) >= 11 is 1.54. The molecule has 2 aromatic carbocycles. The highest BCUT2D eigenvalue weighted by molar-refractivity contribution is 7.98. The van der Waals surface area contributed by atoms with Crippen molar-refractivity contribution in [2.75, 3.05) is 6.79 Å². The number of hydrogen-bond acceptors (Lipinski definition) is 8. The minimum atomic E-state index is 0.255. The highest BCUT2D eigenvalue weighted by Crippen LogP contribution is 2.34. The van der Waals surface area contributed by atoms with Crippen LogP contribution >= 0.6 is 11.8 Å². The Kier molecular flexibility index (Phi) is 5.81. The molecule has 0 atom stereocenters. The predicted octanol–water partition coefficient (Wildman–Crippen LogP) is 4.60. The van der Waals surface area contributed by atoms with E-state index >= 15 is 0 Å². The van der Waals surface area contributed by atoms with Gasteiger partial charge in [-0.3, -0.25) is 4.57 Å². The van der Waals surface area contributed by atoms with Gasteiger partial charge in [-0.05, 0) is 23.6 Å². The molecule has 4 aromatic rings. The Morgan fingerprint density at radius 2 is 1.88 bits per heavy atom. The molecule has 0 saturated carbocycles. The van der Waals surface area contributed by atoms with Crippen LogP contribution in [0.2, 0.25) is 0 Å². The molecule has 0 aliphatic carbocycles. The average Bonchev–Trinajstić information content (AvgIpc) is 3.52. The molecule has 0 radical (unpaired) electrons. The molecule has 164 valence electrons. The lowest BCUT2D eigenvalue weighted by Crippen LogP contribution is -2.04. The Morgan fingerprint density at radius 1 is 1.03 bits per heavy atom. The summed E-state index contributed by atoms with van der Waals surface area (Å²) in [4.78, 5) is 4.50. The number of rotatable bonds is 8. The number of thioether (sulfide) groups is 1. The Labute approximate surface area is 190 Å². The Morgan fingerprint density at radius 3 is 2.72 bits per heavy atom. The lowest BCUT2D eigenvalue weighted by molar-refractivity contribution is 0.174. The fourth-order valence-electron chi connectivity index (χ4n) is 3.47. The van der Waals surface area contributed by atoms with Crippen molar-refractivity contribution in [3.63, 3.8) is 0 Å². The summed E-state index contributed by atoms with van der Waals surface area (Å²) in [6, 6.07) is 16.0. The summed E-state index contributed by atoms with van der Waals surface area (Å²) < 4.78 is 18.4. The molecular weight excluding hydrogens is 426 g/mol. The highest BCUT2D eigenvalue weighted by Gasteiger charge is 2.19. The van der Waals surface area contributed by atoms with E-state index in [0.717, 1.165) is 40.0 Å². The first-order valence-corrected chi connectivity index (χ1v) is 11.5. The van der Waals surface area contributed by atoms with Gasteiger partial charge in [-0.2, -0.15) is 4.98 Å². The molecular formula is C23H23N5O3S. The number of fused-ring (bicyclic) bond motifs is 1. The van der Waals surface area contributed by atoms with E-state index in [9.17, 15) is 0 Å². The number of nitrogens with zero attached hydrogens (tertiary/aromatic N) is 5. The van der Waals surface area contributed by atoms with Gasteiger partial charge in [0.25, 0.3) is 0 Å². The van der Waals surface area contributed by atoms with Crippen LogP contribution in [0.4, 0.5) is 0 Å². The molecule has 0 N–H and O–H groups in total. The van der Waals surface area contributed by atoms with Gasteiger partial charge in [-0.1, -0.05) is 67.2 Å². The van der Waals surface area contributed by atoms with Crippen molar-refractivity contribution in [1.29, 1.82) is 0 Å². The van der Waals surface area contributed by atoms with Gasteiger partial charge in [0.1, 0.15) is 0 Å². The highest BCUT2D eigenvalue weighted by atomic mass is 32.2. The fourth-order valence-corrected chi connectivity index (χ4v) is 4.25. The zero-order chi connectivity index (χ0) is 21.9. The molecule has 0 saturated heterocycles. The molecule has 5 rings (SSSR count). The maximum atomic E-state index is 5.54. The van der Waals surface area contributed by atoms with Gasteiger partial charge in [-0.15, -0.1) is 10.2 Å². The van der Waals surface area contributed by atoms with Crippen molar-refractivity contribution in [2.24, 2.45) is 5.92 Å². The third-order valence-corrected chi connectivity index (χ3v) is 5.91. The summed E-state index contributed by atoms with van der Waals surface area (Å²) in [5.41, 5.74) is 2.08. The lowest BCUT2D eigenvalue weighted by Gasteiger charge is -2.11. The first kappa shape index (κ1) is 20.6. The molecule has 0 spiro atoms. The van der Waals surface area contributed by atoms with Crippen molar-refractivity contribution in [1.82, 2.24) is 24.9 Å². The first-order chi connectivity index (χ1) is 15.7. The topological polar surface area (TPSA) is 88.1 Å². The van der Waals surface area contributed by atoms with E-state index in [1.807, 2.05) is 48.5 Å². The molecule has 3 heterocycles. The smallest absolute Gasteiger partial charge is 0.231 e. The molecule has 2 aromatic heterocycles. The van der Waals surface area contributed by atoms with Crippen molar-refractivity contribution in [3.05, 3.63) is 65.8 Å². The SMILES string of the molecule is CC(C)Cc1nc(CSc2nnc(-c3ccccc3)n2Cc2ccc3c(c2)OCO3)no1. The van der Waals surface area contributed by atoms with Crippen LogP contribution in [0, 0.1) is 5.92 Å². The number of ether oxygens (including phenoxy) is 2. The molecule has 0 bridgehead atoms. The zero-order valence-corrected chi connectivity index (χ0v) is 18.7. The van der Waals surface area contributed by atoms with E-state index in [1.54, 1.807) is 11.8 Å². The lowest BCUT2D eigenvalue weighted by atomic mass is 10.1. The molecule has 32 heavy (non-hydrogen) atoms. The van der Waals surface area contributed by atoms with E-state index < -0.39 is 0 Å². The molecule has 1 aliphatic rings. The monoisotopic (exact) mass is 449 g/mol. The van der Waals surface area contributed by atoms with E-state index in [4.69, 9.17) is 14.0 Å². The van der Waals surface area contributed by atoms with Crippen molar-refractivity contribution >= 4 is 11.8 Å². The van der Waals surface area contributed by atoms with Gasteiger partial charge in [0, 0.05) is 12.0 Å². The molecule has 0 amide bonds. The van der Waals surface area contributed by atoms with Crippen molar-refractivity contribution < 1.29 is 14.0 Å². The predicted molar refractivity (Wildman–Crippen MR) is 120 cm³/mol. The molecule has 0 unspecified atom stereocenters. The Bertz CT molecular complexity index is 1210. The third-order valence-electron chi connectivity index (χ3n) is 4.95. The van der Waals surface area contributed by atoms with Gasteiger partial charge in [0.15, 0.2) is 28.3 Å². The van der Waals surface area contributed by atoms with Crippen LogP contribution in [0.1, 0.15) is 31.1 Å². The van der Waals surface area contributed by atoms with Crippen molar-refractivity contribution in [2.45, 2.75) is 37.7 Å². The number of aromatic nitrogens is 5. The summed E-state index contributed by atoms with van der Waals surface area (Å²) in [5, 5.41) is 13.8. The average molecular weight is 450 g/mol. The molecule has 8 nitrogen and oxygen atoms in total. The summed E-state index contributed by atoms with van der Waals surface area (Å²) in [5.74, 6) is 4.68. The summed E-state index contributed by atoms with van der Waals surface area (Å²) in [7, 11) is 0. The maximum absolute atomic E-state index is 5.54.